The average Bonchev–Trinajstić information content (AvgIpc) is 3.16. The Morgan fingerprint density at radius 1 is 1.19 bits per heavy atom. The molecule has 2 aromatic rings. The Morgan fingerprint density at radius 3 is 2.70 bits per heavy atom. The van der Waals surface area contributed by atoms with Crippen LogP contribution < -0.4 is 14.8 Å². The van der Waals surface area contributed by atoms with Crippen molar-refractivity contribution in [1.29, 1.82) is 0 Å². The van der Waals surface area contributed by atoms with Crippen LogP contribution in [0.15, 0.2) is 47.6 Å². The predicted molar refractivity (Wildman–Crippen MR) is 106 cm³/mol. The lowest BCUT2D eigenvalue weighted by Gasteiger charge is -2.49. The molecular weight excluding hydrogens is 362 g/mol. The maximum atomic E-state index is 6.63. The van der Waals surface area contributed by atoms with E-state index in [4.69, 9.17) is 26.2 Å². The fraction of sp³-hybridized carbons (Fsp3) is 0.381. The van der Waals surface area contributed by atoms with Gasteiger partial charge in [-0.3, -0.25) is 0 Å². The summed E-state index contributed by atoms with van der Waals surface area (Å²) in [6, 6.07) is 14.2. The lowest BCUT2D eigenvalue weighted by atomic mass is 9.91. The first-order chi connectivity index (χ1) is 13.2. The molecule has 5 nitrogen and oxygen atoms in total. The Labute approximate surface area is 163 Å². The van der Waals surface area contributed by atoms with E-state index in [1.54, 1.807) is 7.11 Å². The molecule has 0 amide bonds. The molecule has 5 rings (SSSR count). The van der Waals surface area contributed by atoms with Gasteiger partial charge < -0.3 is 14.8 Å². The highest BCUT2D eigenvalue weighted by molar-refractivity contribution is 6.30. The molecule has 0 aromatic heterocycles. The van der Waals surface area contributed by atoms with Gasteiger partial charge in [0, 0.05) is 42.9 Å². The molecule has 0 unspecified atom stereocenters. The molecular formula is C21H22ClN3O2. The van der Waals surface area contributed by atoms with Crippen LogP contribution in [0.25, 0.3) is 0 Å². The number of fused-ring (bicyclic) bond motifs is 4. The van der Waals surface area contributed by atoms with Gasteiger partial charge in [0.25, 0.3) is 0 Å². The van der Waals surface area contributed by atoms with Crippen molar-refractivity contribution in [1.82, 2.24) is 10.3 Å². The molecule has 0 bridgehead atoms. The molecule has 2 aromatic carbocycles. The number of rotatable bonds is 2. The van der Waals surface area contributed by atoms with Crippen molar-refractivity contribution in [2.75, 3.05) is 20.2 Å². The van der Waals surface area contributed by atoms with Crippen LogP contribution in [0.3, 0.4) is 0 Å². The van der Waals surface area contributed by atoms with Gasteiger partial charge in [0.15, 0.2) is 11.5 Å². The molecule has 1 spiro atoms. The molecule has 3 aliphatic rings. The normalized spacial score (nSPS) is 22.7. The van der Waals surface area contributed by atoms with E-state index >= 15 is 0 Å². The van der Waals surface area contributed by atoms with E-state index in [2.05, 4.69) is 16.4 Å². The summed E-state index contributed by atoms with van der Waals surface area (Å²) in [5.74, 6) is 1.67. The van der Waals surface area contributed by atoms with E-state index < -0.39 is 5.72 Å². The third-order valence-corrected chi connectivity index (χ3v) is 6.02. The van der Waals surface area contributed by atoms with Crippen molar-refractivity contribution < 1.29 is 9.47 Å². The van der Waals surface area contributed by atoms with Crippen LogP contribution in [0.4, 0.5) is 0 Å². The van der Waals surface area contributed by atoms with Crippen molar-refractivity contribution >= 4 is 17.3 Å². The molecule has 27 heavy (non-hydrogen) atoms. The molecule has 3 heterocycles. The zero-order valence-electron chi connectivity index (χ0n) is 15.2. The number of hydrazone groups is 1. The summed E-state index contributed by atoms with van der Waals surface area (Å²) < 4.78 is 12.2. The van der Waals surface area contributed by atoms with Gasteiger partial charge in [-0.15, -0.1) is 0 Å². The van der Waals surface area contributed by atoms with Crippen LogP contribution in [-0.2, 0) is 0 Å². The molecule has 0 saturated carbocycles. The number of hydrogen-bond acceptors (Lipinski definition) is 5. The number of benzene rings is 2. The third kappa shape index (κ3) is 2.68. The van der Waals surface area contributed by atoms with Gasteiger partial charge >= 0.3 is 0 Å². The summed E-state index contributed by atoms with van der Waals surface area (Å²) in [5.41, 5.74) is 2.91. The molecule has 6 heteroatoms. The first-order valence-corrected chi connectivity index (χ1v) is 9.77. The van der Waals surface area contributed by atoms with Crippen LogP contribution in [0, 0.1) is 0 Å². The number of methoxy groups -OCH3 is 1. The minimum absolute atomic E-state index is 0.160. The summed E-state index contributed by atoms with van der Waals surface area (Å²) >= 11 is 6.07. The van der Waals surface area contributed by atoms with Crippen LogP contribution in [0.5, 0.6) is 11.5 Å². The summed E-state index contributed by atoms with van der Waals surface area (Å²) in [5, 5.41) is 11.4. The SMILES string of the molecule is COc1cccc2c1OC1(CCNCC1)N1N=C(c3ccc(Cl)cc3)C[C@@H]21. The number of hydrogen-bond donors (Lipinski definition) is 1. The second kappa shape index (κ2) is 6.43. The Kier molecular flexibility index (Phi) is 4.02. The second-order valence-corrected chi connectivity index (χ2v) is 7.73. The summed E-state index contributed by atoms with van der Waals surface area (Å²) in [4.78, 5) is 0. The van der Waals surface area contributed by atoms with Gasteiger partial charge in [0.05, 0.1) is 18.9 Å². The van der Waals surface area contributed by atoms with E-state index in [1.807, 2.05) is 36.4 Å². The first kappa shape index (κ1) is 16.9. The summed E-state index contributed by atoms with van der Waals surface area (Å²) in [6.45, 7) is 1.83. The zero-order valence-corrected chi connectivity index (χ0v) is 16.0. The maximum absolute atomic E-state index is 6.63. The molecule has 1 N–H and O–H groups in total. The number of piperidine rings is 1. The van der Waals surface area contributed by atoms with E-state index in [9.17, 15) is 0 Å². The maximum Gasteiger partial charge on any atom is 0.200 e. The Bertz CT molecular complexity index is 891. The van der Waals surface area contributed by atoms with Gasteiger partial charge in [-0.05, 0) is 23.8 Å². The van der Waals surface area contributed by atoms with Gasteiger partial charge in [-0.25, -0.2) is 5.01 Å². The number of nitrogens with zero attached hydrogens (tertiary/aromatic N) is 2. The van der Waals surface area contributed by atoms with Gasteiger partial charge in [-0.1, -0.05) is 35.9 Å². The zero-order chi connectivity index (χ0) is 18.4. The molecule has 0 aliphatic carbocycles. The fourth-order valence-corrected chi connectivity index (χ4v) is 4.52. The fourth-order valence-electron chi connectivity index (χ4n) is 4.40. The van der Waals surface area contributed by atoms with E-state index in [-0.39, 0.29) is 6.04 Å². The van der Waals surface area contributed by atoms with Crippen LogP contribution >= 0.6 is 11.6 Å². The lowest BCUT2D eigenvalue weighted by molar-refractivity contribution is -0.137. The number of ether oxygens (including phenoxy) is 2. The molecule has 1 saturated heterocycles. The molecule has 1 atom stereocenters. The molecule has 3 aliphatic heterocycles. The van der Waals surface area contributed by atoms with Gasteiger partial charge in [0.1, 0.15) is 0 Å². The van der Waals surface area contributed by atoms with Crippen molar-refractivity contribution in [3.63, 3.8) is 0 Å². The number of nitrogens with one attached hydrogen (secondary N) is 1. The molecule has 1 fully saturated rings. The van der Waals surface area contributed by atoms with E-state index in [0.29, 0.717) is 0 Å². The van der Waals surface area contributed by atoms with E-state index in [0.717, 1.165) is 65.7 Å². The average molecular weight is 384 g/mol. The highest BCUT2D eigenvalue weighted by Gasteiger charge is 2.51. The highest BCUT2D eigenvalue weighted by atomic mass is 35.5. The minimum atomic E-state index is -0.425. The monoisotopic (exact) mass is 383 g/mol. The van der Waals surface area contributed by atoms with Crippen molar-refractivity contribution in [2.45, 2.75) is 31.0 Å². The summed E-state index contributed by atoms with van der Waals surface area (Å²) in [6.07, 6.45) is 2.62. The largest absolute Gasteiger partial charge is 0.493 e. The minimum Gasteiger partial charge on any atom is -0.493 e. The smallest absolute Gasteiger partial charge is 0.200 e. The second-order valence-electron chi connectivity index (χ2n) is 7.29. The van der Waals surface area contributed by atoms with Crippen molar-refractivity contribution in [3.8, 4) is 11.5 Å². The Hall–Kier alpha value is -2.24. The topological polar surface area (TPSA) is 46.1 Å². The summed E-state index contributed by atoms with van der Waals surface area (Å²) in [7, 11) is 1.70. The molecule has 0 radical (unpaired) electrons. The first-order valence-electron chi connectivity index (χ1n) is 9.40. The number of halogens is 1. The van der Waals surface area contributed by atoms with E-state index in [1.165, 1.54) is 0 Å². The van der Waals surface area contributed by atoms with Crippen molar-refractivity contribution in [2.24, 2.45) is 5.10 Å². The molecule has 140 valence electrons. The highest BCUT2D eigenvalue weighted by Crippen LogP contribution is 2.52. The van der Waals surface area contributed by atoms with Crippen LogP contribution in [0.2, 0.25) is 5.02 Å². The van der Waals surface area contributed by atoms with Crippen LogP contribution in [-0.4, -0.2) is 36.6 Å². The van der Waals surface area contributed by atoms with Crippen molar-refractivity contribution in [3.05, 3.63) is 58.6 Å². The Balaban J connectivity index is 1.61. The van der Waals surface area contributed by atoms with Gasteiger partial charge in [0.2, 0.25) is 5.72 Å². The number of para-hydroxylation sites is 1. The Morgan fingerprint density at radius 2 is 1.96 bits per heavy atom. The predicted octanol–water partition coefficient (Wildman–Crippen LogP) is 3.97. The standard InChI is InChI=1S/C21H22ClN3O2/c1-26-19-4-2-3-16-18-13-17(14-5-7-15(22)8-6-14)24-25(18)21(27-20(16)19)9-11-23-12-10-21/h2-8,18,23H,9-13H2,1H3/t18-/m0/s1. The van der Waals surface area contributed by atoms with Crippen LogP contribution in [0.1, 0.15) is 36.4 Å². The quantitative estimate of drug-likeness (QED) is 0.852. The lowest BCUT2D eigenvalue weighted by Crippen LogP contribution is -2.58. The third-order valence-electron chi connectivity index (χ3n) is 5.77. The van der Waals surface area contributed by atoms with Gasteiger partial charge in [-0.2, -0.15) is 5.10 Å².